The van der Waals surface area contributed by atoms with Crippen LogP contribution in [0.3, 0.4) is 0 Å². The van der Waals surface area contributed by atoms with Gasteiger partial charge in [-0.1, -0.05) is 293 Å². The molecule has 81 heavy (non-hydrogen) atoms. The molecule has 2 unspecified atom stereocenters. The molecule has 1 N–H and O–H groups in total. The van der Waals surface area contributed by atoms with Crippen molar-refractivity contribution in [1.29, 1.82) is 0 Å². The van der Waals surface area contributed by atoms with E-state index in [1.807, 2.05) is 21.1 Å². The molecule has 472 valence electrons. The van der Waals surface area contributed by atoms with Gasteiger partial charge in [-0.15, -0.1) is 0 Å². The van der Waals surface area contributed by atoms with E-state index in [-0.39, 0.29) is 38.2 Å². The molecule has 0 aliphatic carbocycles. The average molecular weight is 1140 g/mol. The first kappa shape index (κ1) is 78.0. The van der Waals surface area contributed by atoms with Gasteiger partial charge in [-0.3, -0.25) is 9.59 Å². The van der Waals surface area contributed by atoms with Crippen molar-refractivity contribution in [2.45, 2.75) is 334 Å². The molecule has 0 spiro atoms. The Morgan fingerprint density at radius 2 is 0.704 bits per heavy atom. The lowest BCUT2D eigenvalue weighted by atomic mass is 10.0. The summed E-state index contributed by atoms with van der Waals surface area (Å²) in [7, 11) is 5.98. The quantitative estimate of drug-likeness (QED) is 0.0211. The number of aliphatic carboxylic acids is 1. The largest absolute Gasteiger partial charge is 0.477 e. The standard InChI is InChI=1S/C72H131NO8/c1-6-8-10-12-14-16-18-20-22-24-25-26-27-28-29-30-31-32-33-34-35-36-37-38-39-40-41-42-43-44-45-47-49-51-53-55-57-59-61-63-70(75)81-68(67-80-72(71(76)77)78-65-64-73(3,4)5)66-79-69(74)62-60-58-56-54-52-50-48-46-23-21-19-17-15-13-11-9-7-2/h8,10,14,16,20-23,25-26,68,72H,6-7,9,11-13,15,17-19,24,27-67H2,1-5H3/p+1/b10-8-,16-14-,22-20-,23-21-,26-25-. The third-order valence-corrected chi connectivity index (χ3v) is 15.3. The Morgan fingerprint density at radius 3 is 1.06 bits per heavy atom. The predicted octanol–water partition coefficient (Wildman–Crippen LogP) is 21.1. The minimum atomic E-state index is -1.51. The summed E-state index contributed by atoms with van der Waals surface area (Å²) in [6, 6.07) is 0. The molecular weight excluding hydrogens is 1010 g/mol. The fourth-order valence-electron chi connectivity index (χ4n) is 10.0. The van der Waals surface area contributed by atoms with E-state index in [2.05, 4.69) is 74.6 Å². The lowest BCUT2D eigenvalue weighted by Gasteiger charge is -2.25. The highest BCUT2D eigenvalue weighted by atomic mass is 16.7. The SMILES string of the molecule is CC/C=C\C/C=C\C/C=C\C/C=C\CCCCCCCCCCCCCCCCCCCCCCCCCCCCC(=O)OC(COC(=O)CCCCCCCCC/C=C\CCCCCCCC)COC(OCC[N+](C)(C)C)C(=O)O. The Kier molecular flexibility index (Phi) is 60.7. The van der Waals surface area contributed by atoms with Gasteiger partial charge in [0.1, 0.15) is 13.2 Å². The number of carbonyl (C=O) groups is 3. The fourth-order valence-corrected chi connectivity index (χ4v) is 10.0. The van der Waals surface area contributed by atoms with Gasteiger partial charge in [-0.05, 0) is 77.0 Å². The maximum Gasteiger partial charge on any atom is 0.361 e. The van der Waals surface area contributed by atoms with Crippen LogP contribution in [0.1, 0.15) is 322 Å². The zero-order valence-corrected chi connectivity index (χ0v) is 53.9. The van der Waals surface area contributed by atoms with E-state index in [9.17, 15) is 19.5 Å². The maximum absolute atomic E-state index is 12.9. The maximum atomic E-state index is 12.9. The van der Waals surface area contributed by atoms with Crippen LogP contribution in [0.2, 0.25) is 0 Å². The van der Waals surface area contributed by atoms with E-state index in [4.69, 9.17) is 18.9 Å². The molecule has 0 radical (unpaired) electrons. The van der Waals surface area contributed by atoms with Gasteiger partial charge in [0.25, 0.3) is 6.29 Å². The lowest BCUT2D eigenvalue weighted by molar-refractivity contribution is -0.870. The number of quaternary nitrogens is 1. The Balaban J connectivity index is 3.96. The number of carboxylic acid groups (broad SMARTS) is 1. The van der Waals surface area contributed by atoms with Gasteiger partial charge < -0.3 is 28.5 Å². The molecule has 0 rings (SSSR count). The van der Waals surface area contributed by atoms with Crippen molar-refractivity contribution < 1.29 is 42.9 Å². The molecule has 0 bridgehead atoms. The van der Waals surface area contributed by atoms with Crippen molar-refractivity contribution in [1.82, 2.24) is 0 Å². The third kappa shape index (κ3) is 64.4. The molecule has 0 saturated carbocycles. The van der Waals surface area contributed by atoms with E-state index in [0.717, 1.165) is 64.2 Å². The van der Waals surface area contributed by atoms with E-state index < -0.39 is 18.4 Å². The van der Waals surface area contributed by atoms with Gasteiger partial charge in [0.15, 0.2) is 6.10 Å². The first-order valence-corrected chi connectivity index (χ1v) is 34.5. The highest BCUT2D eigenvalue weighted by Gasteiger charge is 2.25. The van der Waals surface area contributed by atoms with Gasteiger partial charge in [-0.25, -0.2) is 4.79 Å². The number of carboxylic acids is 1. The number of esters is 2. The number of carbonyl (C=O) groups excluding carboxylic acids is 2. The lowest BCUT2D eigenvalue weighted by Crippen LogP contribution is -2.40. The molecule has 0 amide bonds. The van der Waals surface area contributed by atoms with E-state index in [0.29, 0.717) is 17.4 Å². The molecule has 0 saturated heterocycles. The zero-order chi connectivity index (χ0) is 59.1. The molecular formula is C72H132NO8+. The predicted molar refractivity (Wildman–Crippen MR) is 346 cm³/mol. The summed E-state index contributed by atoms with van der Waals surface area (Å²) in [5.74, 6) is -1.99. The minimum absolute atomic E-state index is 0.180. The highest BCUT2D eigenvalue weighted by Crippen LogP contribution is 2.18. The van der Waals surface area contributed by atoms with Gasteiger partial charge in [-0.2, -0.15) is 0 Å². The van der Waals surface area contributed by atoms with Crippen LogP contribution in [0.4, 0.5) is 0 Å². The minimum Gasteiger partial charge on any atom is -0.477 e. The second kappa shape index (κ2) is 63.0. The normalized spacial score (nSPS) is 13.0. The molecule has 0 heterocycles. The third-order valence-electron chi connectivity index (χ3n) is 15.3. The second-order valence-corrected chi connectivity index (χ2v) is 24.5. The van der Waals surface area contributed by atoms with E-state index in [1.165, 1.54) is 231 Å². The summed E-state index contributed by atoms with van der Waals surface area (Å²) in [6.07, 6.45) is 79.2. The van der Waals surface area contributed by atoms with Crippen LogP contribution < -0.4 is 0 Å². The van der Waals surface area contributed by atoms with Gasteiger partial charge in [0.2, 0.25) is 0 Å². The smallest absolute Gasteiger partial charge is 0.361 e. The summed E-state index contributed by atoms with van der Waals surface area (Å²) in [4.78, 5) is 37.5. The topological polar surface area (TPSA) is 108 Å². The summed E-state index contributed by atoms with van der Waals surface area (Å²) >= 11 is 0. The fraction of sp³-hybridized carbons (Fsp3) is 0.819. The summed E-state index contributed by atoms with van der Waals surface area (Å²) in [5.41, 5.74) is 0. The highest BCUT2D eigenvalue weighted by molar-refractivity contribution is 5.71. The van der Waals surface area contributed by atoms with Crippen LogP contribution >= 0.6 is 0 Å². The number of nitrogens with zero attached hydrogens (tertiary/aromatic N) is 1. The summed E-state index contributed by atoms with van der Waals surface area (Å²) < 4.78 is 22.9. The number of likely N-dealkylation sites (N-methyl/N-ethyl adjacent to an activating group) is 1. The summed E-state index contributed by atoms with van der Waals surface area (Å²) in [6.45, 7) is 4.80. The number of ether oxygens (including phenoxy) is 4. The van der Waals surface area contributed by atoms with Crippen LogP contribution in [-0.4, -0.2) is 87.4 Å². The Labute approximate surface area is 501 Å². The first-order chi connectivity index (χ1) is 39.6. The van der Waals surface area contributed by atoms with Crippen LogP contribution in [0.15, 0.2) is 60.8 Å². The second-order valence-electron chi connectivity index (χ2n) is 24.5. The Morgan fingerprint density at radius 1 is 0.383 bits per heavy atom. The van der Waals surface area contributed by atoms with Crippen LogP contribution in [0.5, 0.6) is 0 Å². The molecule has 0 aliphatic rings. The van der Waals surface area contributed by atoms with Crippen LogP contribution in [-0.2, 0) is 33.3 Å². The van der Waals surface area contributed by atoms with Crippen molar-refractivity contribution in [2.75, 3.05) is 47.5 Å². The van der Waals surface area contributed by atoms with Crippen LogP contribution in [0.25, 0.3) is 0 Å². The Hall–Kier alpha value is -3.01. The molecule has 0 aromatic carbocycles. The van der Waals surface area contributed by atoms with Crippen LogP contribution in [0, 0.1) is 0 Å². The molecule has 0 aliphatic heterocycles. The summed E-state index contributed by atoms with van der Waals surface area (Å²) in [5, 5.41) is 9.73. The van der Waals surface area contributed by atoms with Crippen molar-refractivity contribution in [3.63, 3.8) is 0 Å². The number of rotatable bonds is 64. The van der Waals surface area contributed by atoms with Gasteiger partial charge in [0, 0.05) is 12.8 Å². The number of hydrogen-bond donors (Lipinski definition) is 1. The number of hydrogen-bond acceptors (Lipinski definition) is 7. The first-order valence-electron chi connectivity index (χ1n) is 34.5. The van der Waals surface area contributed by atoms with Crippen molar-refractivity contribution >= 4 is 17.9 Å². The van der Waals surface area contributed by atoms with E-state index in [1.54, 1.807) is 0 Å². The van der Waals surface area contributed by atoms with Gasteiger partial charge >= 0.3 is 17.9 Å². The average Bonchev–Trinajstić information content (AvgIpc) is 3.44. The molecule has 0 aromatic rings. The van der Waals surface area contributed by atoms with Gasteiger partial charge in [0.05, 0.1) is 34.4 Å². The molecule has 9 nitrogen and oxygen atoms in total. The monoisotopic (exact) mass is 1140 g/mol. The molecule has 0 aromatic heterocycles. The molecule has 0 fully saturated rings. The zero-order valence-electron chi connectivity index (χ0n) is 53.9. The Bertz CT molecular complexity index is 1510. The number of allylic oxidation sites excluding steroid dienone is 10. The number of unbranched alkanes of at least 4 members (excludes halogenated alkanes) is 39. The molecule has 9 heteroatoms. The van der Waals surface area contributed by atoms with Crippen molar-refractivity contribution in [2.24, 2.45) is 0 Å². The van der Waals surface area contributed by atoms with Crippen molar-refractivity contribution in [3.05, 3.63) is 60.8 Å². The van der Waals surface area contributed by atoms with Crippen molar-refractivity contribution in [3.8, 4) is 0 Å². The van der Waals surface area contributed by atoms with E-state index >= 15 is 0 Å². The molecule has 2 atom stereocenters.